The van der Waals surface area contributed by atoms with Gasteiger partial charge in [-0.25, -0.2) is 0 Å². The van der Waals surface area contributed by atoms with Gasteiger partial charge in [-0.1, -0.05) is 31.5 Å². The summed E-state index contributed by atoms with van der Waals surface area (Å²) < 4.78 is 10.6. The predicted molar refractivity (Wildman–Crippen MR) is 137 cm³/mol. The van der Waals surface area contributed by atoms with E-state index in [1.165, 1.54) is 9.70 Å². The van der Waals surface area contributed by atoms with Gasteiger partial charge >= 0.3 is 0 Å². The SMILES string of the molecule is COc1ccc(-c2nnn(CC(=O)N(c3ccc(C)cc3)[C@@H](C)C(=O)NCCC(C)C)n2)cc1OC. The molecule has 1 aromatic heterocycles. The number of ether oxygens (including phenoxy) is 2. The summed E-state index contributed by atoms with van der Waals surface area (Å²) in [7, 11) is 3.10. The number of anilines is 1. The molecule has 2 aromatic carbocycles. The second-order valence-corrected chi connectivity index (χ2v) is 8.96. The van der Waals surface area contributed by atoms with Gasteiger partial charge in [0.2, 0.25) is 11.7 Å². The molecular formula is C26H34N6O4. The minimum Gasteiger partial charge on any atom is -0.493 e. The number of benzene rings is 2. The summed E-state index contributed by atoms with van der Waals surface area (Å²) >= 11 is 0. The van der Waals surface area contributed by atoms with Crippen molar-refractivity contribution in [2.45, 2.75) is 46.7 Å². The molecule has 36 heavy (non-hydrogen) atoms. The lowest BCUT2D eigenvalue weighted by molar-refractivity contribution is -0.126. The first-order chi connectivity index (χ1) is 17.2. The number of rotatable bonds is 11. The van der Waals surface area contributed by atoms with Crippen molar-refractivity contribution in [3.63, 3.8) is 0 Å². The Hall–Kier alpha value is -3.95. The molecule has 1 atom stereocenters. The zero-order valence-corrected chi connectivity index (χ0v) is 21.7. The molecular weight excluding hydrogens is 460 g/mol. The van der Waals surface area contributed by atoms with Crippen molar-refractivity contribution in [1.82, 2.24) is 25.5 Å². The van der Waals surface area contributed by atoms with Gasteiger partial charge in [0.05, 0.1) is 14.2 Å². The van der Waals surface area contributed by atoms with Gasteiger partial charge < -0.3 is 14.8 Å². The van der Waals surface area contributed by atoms with Gasteiger partial charge in [-0.15, -0.1) is 10.2 Å². The van der Waals surface area contributed by atoms with Crippen LogP contribution in [0, 0.1) is 12.8 Å². The van der Waals surface area contributed by atoms with Gasteiger partial charge in [0.15, 0.2) is 11.5 Å². The summed E-state index contributed by atoms with van der Waals surface area (Å²) in [5.74, 6) is 1.37. The number of nitrogens with zero attached hydrogens (tertiary/aromatic N) is 5. The van der Waals surface area contributed by atoms with Gasteiger partial charge in [-0.2, -0.15) is 4.80 Å². The fourth-order valence-electron chi connectivity index (χ4n) is 3.64. The first-order valence-electron chi connectivity index (χ1n) is 11.9. The Bertz CT molecular complexity index is 1180. The van der Waals surface area contributed by atoms with Crippen LogP contribution in [0.5, 0.6) is 11.5 Å². The van der Waals surface area contributed by atoms with Crippen molar-refractivity contribution < 1.29 is 19.1 Å². The molecule has 2 amide bonds. The van der Waals surface area contributed by atoms with Crippen molar-refractivity contribution in [3.8, 4) is 22.9 Å². The van der Waals surface area contributed by atoms with E-state index in [0.29, 0.717) is 41.0 Å². The summed E-state index contributed by atoms with van der Waals surface area (Å²) in [5.41, 5.74) is 2.34. The summed E-state index contributed by atoms with van der Waals surface area (Å²) in [5, 5.41) is 15.4. The minimum absolute atomic E-state index is 0.183. The van der Waals surface area contributed by atoms with Crippen molar-refractivity contribution in [1.29, 1.82) is 0 Å². The Labute approximate surface area is 211 Å². The van der Waals surface area contributed by atoms with E-state index >= 15 is 0 Å². The van der Waals surface area contributed by atoms with E-state index in [4.69, 9.17) is 9.47 Å². The smallest absolute Gasteiger partial charge is 0.251 e. The Morgan fingerprint density at radius 3 is 2.36 bits per heavy atom. The average Bonchev–Trinajstić information content (AvgIpc) is 3.32. The monoisotopic (exact) mass is 494 g/mol. The highest BCUT2D eigenvalue weighted by Crippen LogP contribution is 2.30. The molecule has 0 spiro atoms. The fraction of sp³-hybridized carbons (Fsp3) is 0.423. The standard InChI is InChI=1S/C26H34N6O4/c1-17(2)13-14-27-26(34)19(4)32(21-10-7-18(3)8-11-21)24(33)16-31-29-25(28-30-31)20-9-12-22(35-5)23(15-20)36-6/h7-12,15,17,19H,13-14,16H2,1-6H3,(H,27,34)/t19-/m0/s1. The molecule has 0 unspecified atom stereocenters. The number of nitrogens with one attached hydrogen (secondary N) is 1. The zero-order valence-electron chi connectivity index (χ0n) is 21.7. The normalized spacial score (nSPS) is 11.8. The zero-order chi connectivity index (χ0) is 26.2. The first-order valence-corrected chi connectivity index (χ1v) is 11.9. The lowest BCUT2D eigenvalue weighted by atomic mass is 10.1. The Morgan fingerprint density at radius 1 is 1.03 bits per heavy atom. The van der Waals surface area contributed by atoms with Crippen molar-refractivity contribution in [2.24, 2.45) is 5.92 Å². The van der Waals surface area contributed by atoms with Crippen LogP contribution < -0.4 is 19.7 Å². The summed E-state index contributed by atoms with van der Waals surface area (Å²) in [6, 6.07) is 12.0. The maximum absolute atomic E-state index is 13.4. The maximum Gasteiger partial charge on any atom is 0.251 e. The topological polar surface area (TPSA) is 111 Å². The van der Waals surface area contributed by atoms with E-state index in [1.54, 1.807) is 39.3 Å². The van der Waals surface area contributed by atoms with Gasteiger partial charge in [-0.05, 0) is 61.7 Å². The Morgan fingerprint density at radius 2 is 1.72 bits per heavy atom. The van der Waals surface area contributed by atoms with E-state index < -0.39 is 6.04 Å². The molecule has 0 saturated heterocycles. The van der Waals surface area contributed by atoms with Crippen LogP contribution in [-0.2, 0) is 16.1 Å². The number of hydrogen-bond donors (Lipinski definition) is 1. The van der Waals surface area contributed by atoms with E-state index in [1.807, 2.05) is 31.2 Å². The van der Waals surface area contributed by atoms with E-state index in [9.17, 15) is 9.59 Å². The third-order valence-corrected chi connectivity index (χ3v) is 5.74. The maximum atomic E-state index is 13.4. The van der Waals surface area contributed by atoms with Crippen LogP contribution in [-0.4, -0.2) is 58.8 Å². The third kappa shape index (κ3) is 6.59. The molecule has 0 radical (unpaired) electrons. The number of carbonyl (C=O) groups is 2. The van der Waals surface area contributed by atoms with Crippen LogP contribution in [0.15, 0.2) is 42.5 Å². The van der Waals surface area contributed by atoms with Crippen molar-refractivity contribution >= 4 is 17.5 Å². The molecule has 0 aliphatic rings. The van der Waals surface area contributed by atoms with Crippen molar-refractivity contribution in [2.75, 3.05) is 25.7 Å². The van der Waals surface area contributed by atoms with Gasteiger partial charge in [0.1, 0.15) is 12.6 Å². The van der Waals surface area contributed by atoms with E-state index in [-0.39, 0.29) is 18.4 Å². The molecule has 192 valence electrons. The van der Waals surface area contributed by atoms with Crippen LogP contribution in [0.4, 0.5) is 5.69 Å². The quantitative estimate of drug-likeness (QED) is 0.435. The second-order valence-electron chi connectivity index (χ2n) is 8.96. The molecule has 10 nitrogen and oxygen atoms in total. The predicted octanol–water partition coefficient (Wildman–Crippen LogP) is 3.25. The van der Waals surface area contributed by atoms with Crippen LogP contribution in [0.2, 0.25) is 0 Å². The van der Waals surface area contributed by atoms with Crippen LogP contribution in [0.25, 0.3) is 11.4 Å². The number of amides is 2. The highest BCUT2D eigenvalue weighted by atomic mass is 16.5. The van der Waals surface area contributed by atoms with Crippen molar-refractivity contribution in [3.05, 3.63) is 48.0 Å². The lowest BCUT2D eigenvalue weighted by Crippen LogP contribution is -2.49. The van der Waals surface area contributed by atoms with Crippen LogP contribution in [0.3, 0.4) is 0 Å². The summed E-state index contributed by atoms with van der Waals surface area (Å²) in [4.78, 5) is 29.0. The minimum atomic E-state index is -0.721. The molecule has 3 aromatic rings. The summed E-state index contributed by atoms with van der Waals surface area (Å²) in [6.45, 7) is 8.24. The summed E-state index contributed by atoms with van der Waals surface area (Å²) in [6.07, 6.45) is 0.860. The Kier molecular flexibility index (Phi) is 8.99. The highest BCUT2D eigenvalue weighted by Gasteiger charge is 2.28. The fourth-order valence-corrected chi connectivity index (χ4v) is 3.64. The molecule has 0 bridgehead atoms. The number of aryl methyl sites for hydroxylation is 1. The molecule has 0 fully saturated rings. The second kappa shape index (κ2) is 12.1. The van der Waals surface area contributed by atoms with E-state index in [0.717, 1.165) is 12.0 Å². The molecule has 1 heterocycles. The molecule has 0 aliphatic carbocycles. The Balaban J connectivity index is 1.80. The number of methoxy groups -OCH3 is 2. The van der Waals surface area contributed by atoms with Crippen LogP contribution in [0.1, 0.15) is 32.8 Å². The molecule has 1 N–H and O–H groups in total. The lowest BCUT2D eigenvalue weighted by Gasteiger charge is -2.28. The highest BCUT2D eigenvalue weighted by molar-refractivity contribution is 6.00. The van der Waals surface area contributed by atoms with Gasteiger partial charge in [-0.3, -0.25) is 14.5 Å². The largest absolute Gasteiger partial charge is 0.493 e. The van der Waals surface area contributed by atoms with Gasteiger partial charge in [0.25, 0.3) is 5.91 Å². The molecule has 10 heteroatoms. The number of carbonyl (C=O) groups excluding carboxylic acids is 2. The number of hydrogen-bond acceptors (Lipinski definition) is 7. The number of aromatic nitrogens is 4. The average molecular weight is 495 g/mol. The van der Waals surface area contributed by atoms with Crippen LogP contribution >= 0.6 is 0 Å². The molecule has 0 saturated carbocycles. The molecule has 0 aliphatic heterocycles. The first kappa shape index (κ1) is 26.7. The number of tetrazole rings is 1. The third-order valence-electron chi connectivity index (χ3n) is 5.74. The van der Waals surface area contributed by atoms with Gasteiger partial charge in [0, 0.05) is 17.8 Å². The molecule has 3 rings (SSSR count). The van der Waals surface area contributed by atoms with E-state index in [2.05, 4.69) is 34.6 Å².